The van der Waals surface area contributed by atoms with Crippen molar-refractivity contribution in [2.75, 3.05) is 0 Å². The van der Waals surface area contributed by atoms with E-state index in [1.807, 2.05) is 37.3 Å². The van der Waals surface area contributed by atoms with E-state index in [1.165, 1.54) is 17.7 Å². The molecule has 136 valence electrons. The second-order valence-electron chi connectivity index (χ2n) is 5.99. The zero-order valence-electron chi connectivity index (χ0n) is 14.6. The summed E-state index contributed by atoms with van der Waals surface area (Å²) in [5.41, 5.74) is 2.58. The van der Waals surface area contributed by atoms with E-state index in [9.17, 15) is 4.79 Å². The second kappa shape index (κ2) is 7.55. The van der Waals surface area contributed by atoms with Gasteiger partial charge in [-0.1, -0.05) is 24.3 Å². The lowest BCUT2D eigenvalue weighted by Crippen LogP contribution is -2.23. The van der Waals surface area contributed by atoms with E-state index in [-0.39, 0.29) is 5.91 Å². The van der Waals surface area contributed by atoms with Gasteiger partial charge in [-0.25, -0.2) is 14.6 Å². The number of amides is 1. The van der Waals surface area contributed by atoms with Crippen LogP contribution in [0.3, 0.4) is 0 Å². The zero-order valence-corrected chi connectivity index (χ0v) is 15.4. The first-order valence-corrected chi connectivity index (χ1v) is 9.20. The van der Waals surface area contributed by atoms with Crippen LogP contribution in [-0.4, -0.2) is 25.7 Å². The fourth-order valence-corrected chi connectivity index (χ4v) is 3.52. The third-order valence-electron chi connectivity index (χ3n) is 4.03. The standard InChI is InChI=1S/C19H17N5O2S/c1-13-17(23-19(27-13)16-3-2-8-26-16)18(25)21-9-14-4-6-15(7-5-14)10-24-12-20-11-22-24/h2-8,11-12H,9-10H2,1H3,(H,21,25). The van der Waals surface area contributed by atoms with Crippen LogP contribution in [0.2, 0.25) is 0 Å². The Labute approximate surface area is 159 Å². The van der Waals surface area contributed by atoms with E-state index >= 15 is 0 Å². The average molecular weight is 379 g/mol. The van der Waals surface area contributed by atoms with Gasteiger partial charge in [0.1, 0.15) is 18.3 Å². The topological polar surface area (TPSA) is 85.8 Å². The normalized spacial score (nSPS) is 10.9. The quantitative estimate of drug-likeness (QED) is 0.556. The fourth-order valence-electron chi connectivity index (χ4n) is 2.64. The number of furan rings is 1. The number of carbonyl (C=O) groups excluding carboxylic acids is 1. The largest absolute Gasteiger partial charge is 0.462 e. The van der Waals surface area contributed by atoms with Gasteiger partial charge in [0.15, 0.2) is 10.8 Å². The second-order valence-corrected chi connectivity index (χ2v) is 7.20. The van der Waals surface area contributed by atoms with Crippen molar-refractivity contribution in [1.82, 2.24) is 25.1 Å². The molecular formula is C19H17N5O2S. The highest BCUT2D eigenvalue weighted by Crippen LogP contribution is 2.27. The van der Waals surface area contributed by atoms with Crippen LogP contribution in [0.15, 0.2) is 59.7 Å². The number of thiazole rings is 1. The first-order chi connectivity index (χ1) is 13.2. The minimum Gasteiger partial charge on any atom is -0.462 e. The van der Waals surface area contributed by atoms with Gasteiger partial charge in [0.25, 0.3) is 5.91 Å². The maximum absolute atomic E-state index is 12.5. The summed E-state index contributed by atoms with van der Waals surface area (Å²) in [6.45, 7) is 2.99. The smallest absolute Gasteiger partial charge is 0.271 e. The number of rotatable bonds is 6. The van der Waals surface area contributed by atoms with Gasteiger partial charge in [0, 0.05) is 11.4 Å². The minimum absolute atomic E-state index is 0.187. The molecule has 3 aromatic heterocycles. The van der Waals surface area contributed by atoms with E-state index in [0.29, 0.717) is 29.6 Å². The summed E-state index contributed by atoms with van der Waals surface area (Å²) in [5.74, 6) is 0.485. The Bertz CT molecular complexity index is 1020. The van der Waals surface area contributed by atoms with Crippen LogP contribution in [0.1, 0.15) is 26.5 Å². The van der Waals surface area contributed by atoms with Crippen molar-refractivity contribution < 1.29 is 9.21 Å². The van der Waals surface area contributed by atoms with E-state index < -0.39 is 0 Å². The maximum atomic E-state index is 12.5. The summed E-state index contributed by atoms with van der Waals surface area (Å²) < 4.78 is 7.11. The lowest BCUT2D eigenvalue weighted by molar-refractivity contribution is 0.0946. The number of nitrogens with zero attached hydrogens (tertiary/aromatic N) is 4. The third kappa shape index (κ3) is 3.95. The SMILES string of the molecule is Cc1sc(-c2ccco2)nc1C(=O)NCc1ccc(Cn2cncn2)cc1. The molecule has 0 saturated carbocycles. The van der Waals surface area contributed by atoms with Crippen molar-refractivity contribution >= 4 is 17.2 Å². The molecule has 0 aliphatic rings. The summed E-state index contributed by atoms with van der Waals surface area (Å²) in [6, 6.07) is 11.7. The predicted octanol–water partition coefficient (Wildman–Crippen LogP) is 3.28. The highest BCUT2D eigenvalue weighted by molar-refractivity contribution is 7.15. The molecule has 1 N–H and O–H groups in total. The molecule has 4 rings (SSSR count). The first-order valence-electron chi connectivity index (χ1n) is 8.39. The lowest BCUT2D eigenvalue weighted by atomic mass is 10.1. The molecule has 0 aliphatic heterocycles. The molecule has 4 aromatic rings. The number of aryl methyl sites for hydroxylation is 1. The van der Waals surface area contributed by atoms with Crippen molar-refractivity contribution in [2.45, 2.75) is 20.0 Å². The summed E-state index contributed by atoms with van der Waals surface area (Å²) in [7, 11) is 0. The van der Waals surface area contributed by atoms with Crippen molar-refractivity contribution in [1.29, 1.82) is 0 Å². The molecule has 7 nitrogen and oxygen atoms in total. The van der Waals surface area contributed by atoms with Crippen LogP contribution >= 0.6 is 11.3 Å². The summed E-state index contributed by atoms with van der Waals surface area (Å²) in [5, 5.41) is 7.73. The van der Waals surface area contributed by atoms with Crippen LogP contribution < -0.4 is 5.32 Å². The molecule has 0 spiro atoms. The van der Waals surface area contributed by atoms with Gasteiger partial charge in [-0.15, -0.1) is 11.3 Å². The molecule has 0 unspecified atom stereocenters. The maximum Gasteiger partial charge on any atom is 0.271 e. The van der Waals surface area contributed by atoms with Gasteiger partial charge in [-0.3, -0.25) is 4.79 Å². The van der Waals surface area contributed by atoms with E-state index in [1.54, 1.807) is 23.3 Å². The van der Waals surface area contributed by atoms with E-state index in [2.05, 4.69) is 20.4 Å². The van der Waals surface area contributed by atoms with Gasteiger partial charge < -0.3 is 9.73 Å². The van der Waals surface area contributed by atoms with Gasteiger partial charge in [0.05, 0.1) is 12.8 Å². The Morgan fingerprint density at radius 1 is 1.22 bits per heavy atom. The Morgan fingerprint density at radius 3 is 2.74 bits per heavy atom. The number of hydrogen-bond acceptors (Lipinski definition) is 6. The summed E-state index contributed by atoms with van der Waals surface area (Å²) in [4.78, 5) is 21.7. The van der Waals surface area contributed by atoms with Crippen molar-refractivity contribution in [3.05, 3.63) is 77.0 Å². The number of nitrogens with one attached hydrogen (secondary N) is 1. The first kappa shape index (κ1) is 17.2. The highest BCUT2D eigenvalue weighted by Gasteiger charge is 2.17. The van der Waals surface area contributed by atoms with Crippen LogP contribution in [0.4, 0.5) is 0 Å². The average Bonchev–Trinajstić information content (AvgIpc) is 3.42. The molecule has 1 amide bonds. The van der Waals surface area contributed by atoms with Crippen LogP contribution in [0.5, 0.6) is 0 Å². The molecule has 0 fully saturated rings. The van der Waals surface area contributed by atoms with Crippen molar-refractivity contribution in [3.8, 4) is 10.8 Å². The molecule has 0 saturated heterocycles. The Kier molecular flexibility index (Phi) is 4.80. The summed E-state index contributed by atoms with van der Waals surface area (Å²) >= 11 is 1.45. The van der Waals surface area contributed by atoms with E-state index in [0.717, 1.165) is 16.0 Å². The minimum atomic E-state index is -0.187. The molecule has 1 aromatic carbocycles. The predicted molar refractivity (Wildman–Crippen MR) is 101 cm³/mol. The molecular weight excluding hydrogens is 362 g/mol. The Morgan fingerprint density at radius 2 is 2.04 bits per heavy atom. The molecule has 0 atom stereocenters. The van der Waals surface area contributed by atoms with Gasteiger partial charge in [-0.05, 0) is 30.2 Å². The number of aromatic nitrogens is 4. The lowest BCUT2D eigenvalue weighted by Gasteiger charge is -2.06. The molecule has 0 bridgehead atoms. The van der Waals surface area contributed by atoms with Crippen LogP contribution in [0.25, 0.3) is 10.8 Å². The number of benzene rings is 1. The van der Waals surface area contributed by atoms with Crippen molar-refractivity contribution in [3.63, 3.8) is 0 Å². The van der Waals surface area contributed by atoms with Gasteiger partial charge in [-0.2, -0.15) is 5.10 Å². The highest BCUT2D eigenvalue weighted by atomic mass is 32.1. The van der Waals surface area contributed by atoms with Crippen LogP contribution in [-0.2, 0) is 13.1 Å². The summed E-state index contributed by atoms with van der Waals surface area (Å²) in [6.07, 6.45) is 4.79. The molecule has 0 aliphatic carbocycles. The molecule has 8 heteroatoms. The fraction of sp³-hybridized carbons (Fsp3) is 0.158. The zero-order chi connectivity index (χ0) is 18.6. The molecule has 3 heterocycles. The third-order valence-corrected chi connectivity index (χ3v) is 5.02. The Balaban J connectivity index is 1.38. The van der Waals surface area contributed by atoms with Crippen molar-refractivity contribution in [2.24, 2.45) is 0 Å². The van der Waals surface area contributed by atoms with Gasteiger partial charge in [0.2, 0.25) is 0 Å². The Hall–Kier alpha value is -3.26. The van der Waals surface area contributed by atoms with Gasteiger partial charge >= 0.3 is 0 Å². The number of hydrogen-bond donors (Lipinski definition) is 1. The number of carbonyl (C=O) groups is 1. The monoisotopic (exact) mass is 379 g/mol. The van der Waals surface area contributed by atoms with Crippen LogP contribution in [0, 0.1) is 6.92 Å². The van der Waals surface area contributed by atoms with E-state index in [4.69, 9.17) is 4.42 Å². The molecule has 27 heavy (non-hydrogen) atoms. The molecule has 0 radical (unpaired) electrons.